The van der Waals surface area contributed by atoms with Crippen molar-refractivity contribution in [2.24, 2.45) is 0 Å². The van der Waals surface area contributed by atoms with Crippen LogP contribution in [0.15, 0.2) is 36.4 Å². The summed E-state index contributed by atoms with van der Waals surface area (Å²) in [6.07, 6.45) is 0. The molecule has 0 aliphatic heterocycles. The van der Waals surface area contributed by atoms with Crippen molar-refractivity contribution in [2.45, 2.75) is 13.5 Å². The van der Waals surface area contributed by atoms with Gasteiger partial charge in [-0.3, -0.25) is 0 Å². The third kappa shape index (κ3) is 3.36. The predicted octanol–water partition coefficient (Wildman–Crippen LogP) is 5.00. The summed E-state index contributed by atoms with van der Waals surface area (Å²) in [5.41, 5.74) is 3.26. The Labute approximate surface area is 124 Å². The van der Waals surface area contributed by atoms with Gasteiger partial charge in [0.1, 0.15) is 5.82 Å². The second-order valence-corrected chi connectivity index (χ2v) is 5.64. The summed E-state index contributed by atoms with van der Waals surface area (Å²) in [4.78, 5) is 0. The Hall–Kier alpha value is -0.810. The number of hydrogen-bond donors (Lipinski definition) is 1. The molecule has 2 rings (SSSR count). The Morgan fingerprint density at radius 1 is 1.22 bits per heavy atom. The van der Waals surface area contributed by atoms with E-state index >= 15 is 0 Å². The number of anilines is 1. The summed E-state index contributed by atoms with van der Waals surface area (Å²) in [6, 6.07) is 10.9. The molecule has 1 nitrogen and oxygen atoms in total. The third-order valence-electron chi connectivity index (χ3n) is 2.65. The van der Waals surface area contributed by atoms with Crippen molar-refractivity contribution in [3.8, 4) is 0 Å². The van der Waals surface area contributed by atoms with E-state index in [2.05, 4.69) is 47.0 Å². The molecule has 0 heterocycles. The monoisotopic (exact) mass is 375 g/mol. The molecule has 0 atom stereocenters. The van der Waals surface area contributed by atoms with Gasteiger partial charge in [0.05, 0.1) is 5.02 Å². The van der Waals surface area contributed by atoms with Crippen LogP contribution in [0.3, 0.4) is 0 Å². The van der Waals surface area contributed by atoms with E-state index in [1.165, 1.54) is 15.2 Å². The van der Waals surface area contributed by atoms with E-state index in [4.69, 9.17) is 11.6 Å². The summed E-state index contributed by atoms with van der Waals surface area (Å²) < 4.78 is 14.2. The smallest absolute Gasteiger partial charge is 0.141 e. The van der Waals surface area contributed by atoms with Crippen LogP contribution in [0.1, 0.15) is 11.1 Å². The summed E-state index contributed by atoms with van der Waals surface area (Å²) in [7, 11) is 0. The van der Waals surface area contributed by atoms with E-state index in [1.54, 1.807) is 12.1 Å². The van der Waals surface area contributed by atoms with Gasteiger partial charge in [0.2, 0.25) is 0 Å². The molecule has 4 heteroatoms. The first kappa shape index (κ1) is 13.6. The van der Waals surface area contributed by atoms with Gasteiger partial charge in [-0.25, -0.2) is 4.39 Å². The third-order valence-corrected chi connectivity index (χ3v) is 4.10. The Kier molecular flexibility index (Phi) is 4.45. The predicted molar refractivity (Wildman–Crippen MR) is 82.6 cm³/mol. The fourth-order valence-electron chi connectivity index (χ4n) is 1.56. The van der Waals surface area contributed by atoms with Crippen molar-refractivity contribution in [2.75, 3.05) is 5.32 Å². The molecule has 0 saturated carbocycles. The zero-order chi connectivity index (χ0) is 13.1. The molecule has 0 amide bonds. The number of halogens is 3. The minimum Gasteiger partial charge on any atom is -0.381 e. The molecule has 2 aromatic carbocycles. The van der Waals surface area contributed by atoms with Gasteiger partial charge in [-0.15, -0.1) is 0 Å². The molecule has 1 N–H and O–H groups in total. The van der Waals surface area contributed by atoms with Crippen LogP contribution in [-0.4, -0.2) is 0 Å². The molecular weight excluding hydrogens is 364 g/mol. The molecule has 0 aliphatic carbocycles. The van der Waals surface area contributed by atoms with Crippen molar-refractivity contribution in [1.82, 2.24) is 0 Å². The molecule has 0 aliphatic rings. The Morgan fingerprint density at radius 3 is 2.67 bits per heavy atom. The SMILES string of the molecule is Cc1ccc(NCc2ccc(F)c(Cl)c2)cc1I. The van der Waals surface area contributed by atoms with Crippen molar-refractivity contribution in [1.29, 1.82) is 0 Å². The maximum atomic E-state index is 13.0. The lowest BCUT2D eigenvalue weighted by Crippen LogP contribution is -2.00. The molecule has 0 fully saturated rings. The summed E-state index contributed by atoms with van der Waals surface area (Å²) in [5.74, 6) is -0.384. The zero-order valence-electron chi connectivity index (χ0n) is 9.81. The standard InChI is InChI=1S/C14H12ClFIN/c1-9-2-4-11(7-14(9)17)18-8-10-3-5-13(16)12(15)6-10/h2-7,18H,8H2,1H3. The molecule has 18 heavy (non-hydrogen) atoms. The molecule has 0 aromatic heterocycles. The number of aryl methyl sites for hydroxylation is 1. The molecule has 0 bridgehead atoms. The summed E-state index contributed by atoms with van der Waals surface area (Å²) >= 11 is 8.04. The van der Waals surface area contributed by atoms with Crippen LogP contribution in [0.25, 0.3) is 0 Å². The average Bonchev–Trinajstić information content (AvgIpc) is 2.35. The van der Waals surface area contributed by atoms with Crippen LogP contribution < -0.4 is 5.32 Å². The summed E-state index contributed by atoms with van der Waals surface area (Å²) in [6.45, 7) is 2.70. The van der Waals surface area contributed by atoms with Crippen molar-refractivity contribution in [3.63, 3.8) is 0 Å². The van der Waals surface area contributed by atoms with Crippen molar-refractivity contribution < 1.29 is 4.39 Å². The summed E-state index contributed by atoms with van der Waals surface area (Å²) in [5, 5.41) is 3.45. The minimum atomic E-state index is -0.384. The van der Waals surface area contributed by atoms with Gasteiger partial charge < -0.3 is 5.32 Å². The molecule has 0 spiro atoms. The van der Waals surface area contributed by atoms with Crippen LogP contribution in [0, 0.1) is 16.3 Å². The topological polar surface area (TPSA) is 12.0 Å². The van der Waals surface area contributed by atoms with Crippen LogP contribution in [0.5, 0.6) is 0 Å². The lowest BCUT2D eigenvalue weighted by atomic mass is 10.2. The van der Waals surface area contributed by atoms with Crippen molar-refractivity contribution >= 4 is 39.9 Å². The first-order valence-electron chi connectivity index (χ1n) is 5.50. The van der Waals surface area contributed by atoms with E-state index in [9.17, 15) is 4.39 Å². The first-order valence-corrected chi connectivity index (χ1v) is 6.96. The van der Waals surface area contributed by atoms with Gasteiger partial charge in [-0.2, -0.15) is 0 Å². The van der Waals surface area contributed by atoms with Crippen LogP contribution in [0.4, 0.5) is 10.1 Å². The lowest BCUT2D eigenvalue weighted by Gasteiger charge is -2.08. The maximum Gasteiger partial charge on any atom is 0.141 e. The van der Waals surface area contributed by atoms with Gasteiger partial charge in [0, 0.05) is 15.8 Å². The molecular formula is C14H12ClFIN. The van der Waals surface area contributed by atoms with E-state index in [-0.39, 0.29) is 10.8 Å². The van der Waals surface area contributed by atoms with Crippen LogP contribution >= 0.6 is 34.2 Å². The number of nitrogens with one attached hydrogen (secondary N) is 1. The van der Waals surface area contributed by atoms with E-state index < -0.39 is 0 Å². The van der Waals surface area contributed by atoms with Crippen molar-refractivity contribution in [3.05, 3.63) is 61.9 Å². The minimum absolute atomic E-state index is 0.160. The highest BCUT2D eigenvalue weighted by molar-refractivity contribution is 14.1. The quantitative estimate of drug-likeness (QED) is 0.744. The van der Waals surface area contributed by atoms with Crippen LogP contribution in [0.2, 0.25) is 5.02 Å². The van der Waals surface area contributed by atoms with E-state index in [0.717, 1.165) is 11.3 Å². The van der Waals surface area contributed by atoms with E-state index in [0.29, 0.717) is 6.54 Å². The van der Waals surface area contributed by atoms with Gasteiger partial charge in [-0.1, -0.05) is 23.7 Å². The van der Waals surface area contributed by atoms with Gasteiger partial charge in [0.25, 0.3) is 0 Å². The fraction of sp³-hybridized carbons (Fsp3) is 0.143. The van der Waals surface area contributed by atoms with Gasteiger partial charge in [-0.05, 0) is 64.9 Å². The van der Waals surface area contributed by atoms with Crippen LogP contribution in [-0.2, 0) is 6.54 Å². The molecule has 2 aromatic rings. The van der Waals surface area contributed by atoms with Gasteiger partial charge >= 0.3 is 0 Å². The highest BCUT2D eigenvalue weighted by atomic mass is 127. The average molecular weight is 376 g/mol. The fourth-order valence-corrected chi connectivity index (χ4v) is 2.27. The Morgan fingerprint density at radius 2 is 2.00 bits per heavy atom. The van der Waals surface area contributed by atoms with Gasteiger partial charge in [0.15, 0.2) is 0 Å². The Bertz CT molecular complexity index is 520. The second kappa shape index (κ2) is 5.89. The number of rotatable bonds is 3. The van der Waals surface area contributed by atoms with E-state index in [1.807, 2.05) is 6.07 Å². The highest BCUT2D eigenvalue weighted by Crippen LogP contribution is 2.19. The number of benzene rings is 2. The largest absolute Gasteiger partial charge is 0.381 e. The highest BCUT2D eigenvalue weighted by Gasteiger charge is 2.01. The number of hydrogen-bond acceptors (Lipinski definition) is 1. The molecule has 0 unspecified atom stereocenters. The zero-order valence-corrected chi connectivity index (χ0v) is 12.7. The maximum absolute atomic E-state index is 13.0. The molecule has 0 radical (unpaired) electrons. The normalized spacial score (nSPS) is 10.4. The Balaban J connectivity index is 2.06. The molecule has 0 saturated heterocycles. The first-order chi connectivity index (χ1) is 8.56. The second-order valence-electron chi connectivity index (χ2n) is 4.07. The molecule has 94 valence electrons. The lowest BCUT2D eigenvalue weighted by molar-refractivity contribution is 0.627.